The number of carbonyl (C=O) groups excluding carboxylic acids is 1. The molecule has 0 unspecified atom stereocenters. The van der Waals surface area contributed by atoms with Crippen LogP contribution in [0.25, 0.3) is 10.1 Å². The minimum atomic E-state index is -0.209. The summed E-state index contributed by atoms with van der Waals surface area (Å²) in [6.07, 6.45) is 0. The molecule has 106 valence electrons. The number of hydrogen-bond acceptors (Lipinski definition) is 3. The Hall–Kier alpha value is -2.04. The van der Waals surface area contributed by atoms with Crippen LogP contribution in [0.15, 0.2) is 42.5 Å². The SMILES string of the molecule is Cc1ccccc1NC(=O)c1sc2cccc(Cl)c2c1N. The van der Waals surface area contributed by atoms with Gasteiger partial charge in [-0.25, -0.2) is 0 Å². The second kappa shape index (κ2) is 5.39. The van der Waals surface area contributed by atoms with E-state index in [9.17, 15) is 4.79 Å². The molecule has 3 aromatic rings. The summed E-state index contributed by atoms with van der Waals surface area (Å²) in [4.78, 5) is 12.9. The number of benzene rings is 2. The van der Waals surface area contributed by atoms with Gasteiger partial charge < -0.3 is 11.1 Å². The minimum Gasteiger partial charge on any atom is -0.397 e. The third-order valence-corrected chi connectivity index (χ3v) is 4.79. The van der Waals surface area contributed by atoms with Gasteiger partial charge in [0.2, 0.25) is 0 Å². The molecule has 0 saturated heterocycles. The van der Waals surface area contributed by atoms with Gasteiger partial charge in [0.25, 0.3) is 5.91 Å². The smallest absolute Gasteiger partial charge is 0.267 e. The van der Waals surface area contributed by atoms with E-state index in [1.165, 1.54) is 11.3 Å². The number of halogens is 1. The number of amides is 1. The molecule has 3 nitrogen and oxygen atoms in total. The lowest BCUT2D eigenvalue weighted by atomic mass is 10.2. The number of thiophene rings is 1. The first-order valence-electron chi connectivity index (χ1n) is 6.41. The van der Waals surface area contributed by atoms with Crippen LogP contribution in [0.5, 0.6) is 0 Å². The molecule has 3 rings (SSSR count). The maximum atomic E-state index is 12.4. The molecule has 0 aliphatic rings. The lowest BCUT2D eigenvalue weighted by Crippen LogP contribution is -2.12. The Labute approximate surface area is 131 Å². The molecule has 21 heavy (non-hydrogen) atoms. The maximum absolute atomic E-state index is 12.4. The number of carbonyl (C=O) groups is 1. The first-order valence-corrected chi connectivity index (χ1v) is 7.61. The summed E-state index contributed by atoms with van der Waals surface area (Å²) in [6, 6.07) is 13.2. The predicted molar refractivity (Wildman–Crippen MR) is 90.4 cm³/mol. The van der Waals surface area contributed by atoms with Crippen molar-refractivity contribution >= 4 is 50.3 Å². The number of nitrogens with one attached hydrogen (secondary N) is 1. The van der Waals surface area contributed by atoms with Crippen LogP contribution in [0, 0.1) is 6.92 Å². The molecule has 0 aliphatic heterocycles. The van der Waals surface area contributed by atoms with Crippen LogP contribution in [0.1, 0.15) is 15.2 Å². The Bertz CT molecular complexity index is 841. The Morgan fingerprint density at radius 1 is 1.19 bits per heavy atom. The van der Waals surface area contributed by atoms with E-state index in [1.54, 1.807) is 6.07 Å². The van der Waals surface area contributed by atoms with Crippen molar-refractivity contribution in [2.75, 3.05) is 11.1 Å². The molecule has 0 radical (unpaired) electrons. The van der Waals surface area contributed by atoms with Gasteiger partial charge in [-0.2, -0.15) is 0 Å². The molecule has 0 aliphatic carbocycles. The lowest BCUT2D eigenvalue weighted by Gasteiger charge is -2.07. The van der Waals surface area contributed by atoms with Crippen LogP contribution < -0.4 is 11.1 Å². The number of para-hydroxylation sites is 1. The van der Waals surface area contributed by atoms with Gasteiger partial charge in [-0.15, -0.1) is 11.3 Å². The van der Waals surface area contributed by atoms with Crippen molar-refractivity contribution in [2.24, 2.45) is 0 Å². The number of hydrogen-bond donors (Lipinski definition) is 2. The second-order valence-corrected chi connectivity index (χ2v) is 6.19. The van der Waals surface area contributed by atoms with Crippen molar-refractivity contribution < 1.29 is 4.79 Å². The van der Waals surface area contributed by atoms with E-state index in [4.69, 9.17) is 17.3 Å². The zero-order chi connectivity index (χ0) is 15.0. The predicted octanol–water partition coefficient (Wildman–Crippen LogP) is 4.70. The highest BCUT2D eigenvalue weighted by Gasteiger charge is 2.18. The summed E-state index contributed by atoms with van der Waals surface area (Å²) in [5.74, 6) is -0.209. The molecule has 1 aromatic heterocycles. The Kier molecular flexibility index (Phi) is 3.57. The first-order chi connectivity index (χ1) is 10.1. The van der Waals surface area contributed by atoms with Crippen molar-refractivity contribution in [1.29, 1.82) is 0 Å². The number of fused-ring (bicyclic) bond motifs is 1. The zero-order valence-corrected chi connectivity index (χ0v) is 12.9. The summed E-state index contributed by atoms with van der Waals surface area (Å²) >= 11 is 7.51. The molecule has 1 amide bonds. The van der Waals surface area contributed by atoms with E-state index < -0.39 is 0 Å². The quantitative estimate of drug-likeness (QED) is 0.720. The number of aryl methyl sites for hydroxylation is 1. The van der Waals surface area contributed by atoms with Gasteiger partial charge in [0.05, 0.1) is 10.7 Å². The van der Waals surface area contributed by atoms with Crippen LogP contribution in [-0.4, -0.2) is 5.91 Å². The van der Waals surface area contributed by atoms with Crippen molar-refractivity contribution in [3.63, 3.8) is 0 Å². The molecule has 0 bridgehead atoms. The van der Waals surface area contributed by atoms with E-state index in [1.807, 2.05) is 43.3 Å². The van der Waals surface area contributed by atoms with Gasteiger partial charge in [-0.3, -0.25) is 4.79 Å². The second-order valence-electron chi connectivity index (χ2n) is 4.73. The van der Waals surface area contributed by atoms with Gasteiger partial charge in [-0.1, -0.05) is 35.9 Å². The first kappa shape index (κ1) is 13.9. The number of nitrogens with two attached hydrogens (primary N) is 1. The summed E-state index contributed by atoms with van der Waals surface area (Å²) in [6.45, 7) is 1.95. The highest BCUT2D eigenvalue weighted by atomic mass is 35.5. The Morgan fingerprint density at radius 2 is 1.95 bits per heavy atom. The Balaban J connectivity index is 2.01. The highest BCUT2D eigenvalue weighted by molar-refractivity contribution is 7.21. The summed E-state index contributed by atoms with van der Waals surface area (Å²) < 4.78 is 0.912. The highest BCUT2D eigenvalue weighted by Crippen LogP contribution is 2.38. The van der Waals surface area contributed by atoms with Crippen molar-refractivity contribution in [3.05, 3.63) is 57.9 Å². The molecule has 3 N–H and O–H groups in total. The topological polar surface area (TPSA) is 55.1 Å². The normalized spacial score (nSPS) is 10.8. The Morgan fingerprint density at radius 3 is 2.67 bits per heavy atom. The summed E-state index contributed by atoms with van der Waals surface area (Å²) in [5, 5.41) is 4.21. The van der Waals surface area contributed by atoms with Crippen molar-refractivity contribution in [1.82, 2.24) is 0 Å². The molecule has 5 heteroatoms. The fourth-order valence-electron chi connectivity index (χ4n) is 2.19. The molecule has 0 atom stereocenters. The monoisotopic (exact) mass is 316 g/mol. The van der Waals surface area contributed by atoms with Gasteiger partial charge in [0.15, 0.2) is 0 Å². The molecule has 2 aromatic carbocycles. The number of anilines is 2. The molecule has 0 spiro atoms. The molecular weight excluding hydrogens is 304 g/mol. The van der Waals surface area contributed by atoms with E-state index in [0.29, 0.717) is 15.6 Å². The van der Waals surface area contributed by atoms with Crippen molar-refractivity contribution in [3.8, 4) is 0 Å². The molecular formula is C16H13ClN2OS. The van der Waals surface area contributed by atoms with Crippen molar-refractivity contribution in [2.45, 2.75) is 6.92 Å². The average Bonchev–Trinajstić information content (AvgIpc) is 2.80. The molecule has 0 saturated carbocycles. The van der Waals surface area contributed by atoms with Crippen LogP contribution >= 0.6 is 22.9 Å². The van der Waals surface area contributed by atoms with Gasteiger partial charge in [0.1, 0.15) is 4.88 Å². The van der Waals surface area contributed by atoms with Crippen LogP contribution in [0.2, 0.25) is 5.02 Å². The molecule has 1 heterocycles. The fourth-order valence-corrected chi connectivity index (χ4v) is 3.57. The van der Waals surface area contributed by atoms with E-state index in [2.05, 4.69) is 5.32 Å². The third kappa shape index (κ3) is 2.48. The number of rotatable bonds is 2. The number of nitrogen functional groups attached to an aromatic ring is 1. The minimum absolute atomic E-state index is 0.209. The zero-order valence-electron chi connectivity index (χ0n) is 11.3. The van der Waals surface area contributed by atoms with Crippen LogP contribution in [-0.2, 0) is 0 Å². The van der Waals surface area contributed by atoms with Crippen LogP contribution in [0.3, 0.4) is 0 Å². The van der Waals surface area contributed by atoms with E-state index in [-0.39, 0.29) is 5.91 Å². The lowest BCUT2D eigenvalue weighted by molar-refractivity contribution is 0.103. The van der Waals surface area contributed by atoms with Gasteiger partial charge in [-0.05, 0) is 30.7 Å². The standard InChI is InChI=1S/C16H13ClN2OS/c1-9-5-2-3-7-11(9)19-16(20)15-14(18)13-10(17)6-4-8-12(13)21-15/h2-8H,18H2,1H3,(H,19,20). The van der Waals surface area contributed by atoms with Crippen LogP contribution in [0.4, 0.5) is 11.4 Å². The fraction of sp³-hybridized carbons (Fsp3) is 0.0625. The average molecular weight is 317 g/mol. The summed E-state index contributed by atoms with van der Waals surface area (Å²) in [5.41, 5.74) is 8.32. The molecule has 0 fully saturated rings. The van der Waals surface area contributed by atoms with E-state index >= 15 is 0 Å². The summed E-state index contributed by atoms with van der Waals surface area (Å²) in [7, 11) is 0. The van der Waals surface area contributed by atoms with Gasteiger partial charge >= 0.3 is 0 Å². The largest absolute Gasteiger partial charge is 0.397 e. The van der Waals surface area contributed by atoms with E-state index in [0.717, 1.165) is 21.3 Å². The van der Waals surface area contributed by atoms with Gasteiger partial charge in [0, 0.05) is 15.8 Å². The third-order valence-electron chi connectivity index (χ3n) is 3.30. The maximum Gasteiger partial charge on any atom is 0.267 e.